The number of carbonyl (C=O) groups excluding carboxylic acids is 4. The zero-order valence-electron chi connectivity index (χ0n) is 18.6. The highest BCUT2D eigenvalue weighted by atomic mass is 16.5. The molecule has 0 saturated carbocycles. The summed E-state index contributed by atoms with van der Waals surface area (Å²) in [5.74, 6) is -3.17. The van der Waals surface area contributed by atoms with Crippen molar-refractivity contribution in [1.29, 1.82) is 0 Å². The number of carbonyl (C=O) groups is 4. The number of nitrogens with zero attached hydrogens (tertiary/aromatic N) is 2. The number of nitrogens with two attached hydrogens (primary N) is 1. The summed E-state index contributed by atoms with van der Waals surface area (Å²) in [6, 6.07) is 11.2. The standard InChI is InChI=1S/C24H25N3O6/c1-4-26-23(30)17-18(24(26)31)20(21(25)28)27(19(17)13-8-10-15(32-2)11-9-13)22(29)14-6-5-7-16(12-14)33-3/h5-12,17-20H,4H2,1-3H3,(H2,25,28). The van der Waals surface area contributed by atoms with E-state index in [4.69, 9.17) is 15.2 Å². The molecular weight excluding hydrogens is 426 g/mol. The first-order chi connectivity index (χ1) is 15.8. The minimum Gasteiger partial charge on any atom is -0.497 e. The first-order valence-corrected chi connectivity index (χ1v) is 10.6. The number of benzene rings is 2. The van der Waals surface area contributed by atoms with Gasteiger partial charge in [0.15, 0.2) is 0 Å². The van der Waals surface area contributed by atoms with Crippen molar-refractivity contribution in [2.75, 3.05) is 20.8 Å². The molecule has 2 saturated heterocycles. The van der Waals surface area contributed by atoms with E-state index in [0.29, 0.717) is 17.1 Å². The predicted octanol–water partition coefficient (Wildman–Crippen LogP) is 1.38. The molecule has 2 aromatic rings. The second-order valence-electron chi connectivity index (χ2n) is 7.98. The number of methoxy groups -OCH3 is 2. The molecule has 2 heterocycles. The monoisotopic (exact) mass is 451 g/mol. The molecule has 0 bridgehead atoms. The van der Waals surface area contributed by atoms with Gasteiger partial charge in [-0.3, -0.25) is 24.1 Å². The van der Waals surface area contributed by atoms with Crippen molar-refractivity contribution >= 4 is 23.6 Å². The molecule has 2 aliphatic heterocycles. The molecule has 0 aliphatic carbocycles. The summed E-state index contributed by atoms with van der Waals surface area (Å²) < 4.78 is 10.4. The molecular formula is C24H25N3O6. The van der Waals surface area contributed by atoms with Crippen LogP contribution in [0.2, 0.25) is 0 Å². The van der Waals surface area contributed by atoms with Gasteiger partial charge in [-0.2, -0.15) is 0 Å². The predicted molar refractivity (Wildman–Crippen MR) is 117 cm³/mol. The average Bonchev–Trinajstić information content (AvgIpc) is 3.31. The fraction of sp³-hybridized carbons (Fsp3) is 0.333. The zero-order chi connectivity index (χ0) is 23.9. The fourth-order valence-electron chi connectivity index (χ4n) is 4.91. The first kappa shape index (κ1) is 22.3. The van der Waals surface area contributed by atoms with Crippen LogP contribution in [0, 0.1) is 11.8 Å². The molecule has 2 aliphatic rings. The molecule has 4 unspecified atom stereocenters. The number of likely N-dealkylation sites (tertiary alicyclic amines) is 2. The summed E-state index contributed by atoms with van der Waals surface area (Å²) in [4.78, 5) is 55.2. The maximum Gasteiger partial charge on any atom is 0.255 e. The van der Waals surface area contributed by atoms with Crippen LogP contribution in [-0.4, -0.2) is 60.2 Å². The number of ether oxygens (including phenoxy) is 2. The molecule has 2 N–H and O–H groups in total. The summed E-state index contributed by atoms with van der Waals surface area (Å²) >= 11 is 0. The van der Waals surface area contributed by atoms with Gasteiger partial charge in [0.2, 0.25) is 17.7 Å². The van der Waals surface area contributed by atoms with E-state index in [1.54, 1.807) is 55.5 Å². The van der Waals surface area contributed by atoms with E-state index in [1.165, 1.54) is 19.1 Å². The van der Waals surface area contributed by atoms with E-state index in [1.807, 2.05) is 0 Å². The second kappa shape index (κ2) is 8.57. The Morgan fingerprint density at radius 3 is 2.15 bits per heavy atom. The Bertz CT molecular complexity index is 1120. The second-order valence-corrected chi connectivity index (χ2v) is 7.98. The molecule has 0 radical (unpaired) electrons. The van der Waals surface area contributed by atoms with Gasteiger partial charge < -0.3 is 20.1 Å². The van der Waals surface area contributed by atoms with Crippen molar-refractivity contribution < 1.29 is 28.7 Å². The minimum atomic E-state index is -1.27. The van der Waals surface area contributed by atoms with Gasteiger partial charge in [-0.1, -0.05) is 18.2 Å². The van der Waals surface area contributed by atoms with Gasteiger partial charge in [0.25, 0.3) is 5.91 Å². The molecule has 0 spiro atoms. The lowest BCUT2D eigenvalue weighted by atomic mass is 9.86. The number of primary amides is 1. The molecule has 2 aromatic carbocycles. The Kier molecular flexibility index (Phi) is 5.80. The van der Waals surface area contributed by atoms with Crippen LogP contribution in [0.4, 0.5) is 0 Å². The van der Waals surface area contributed by atoms with Crippen molar-refractivity contribution in [2.45, 2.75) is 19.0 Å². The molecule has 2 fully saturated rings. The Labute approximate surface area is 191 Å². The van der Waals surface area contributed by atoms with Crippen LogP contribution in [0.3, 0.4) is 0 Å². The number of amides is 4. The van der Waals surface area contributed by atoms with E-state index < -0.39 is 47.5 Å². The quantitative estimate of drug-likeness (QED) is 0.663. The van der Waals surface area contributed by atoms with Gasteiger partial charge in [-0.25, -0.2) is 0 Å². The summed E-state index contributed by atoms with van der Waals surface area (Å²) in [6.07, 6.45) is 0. The summed E-state index contributed by atoms with van der Waals surface area (Å²) in [6.45, 7) is 1.87. The molecule has 9 nitrogen and oxygen atoms in total. The number of imide groups is 1. The third-order valence-electron chi connectivity index (χ3n) is 6.39. The Hall–Kier alpha value is -3.88. The highest BCUT2D eigenvalue weighted by Crippen LogP contribution is 2.50. The summed E-state index contributed by atoms with van der Waals surface area (Å²) in [5, 5.41) is 0. The van der Waals surface area contributed by atoms with Crippen LogP contribution in [0.5, 0.6) is 11.5 Å². The normalized spacial score (nSPS) is 24.1. The molecule has 0 aromatic heterocycles. The van der Waals surface area contributed by atoms with E-state index in [0.717, 1.165) is 4.90 Å². The lowest BCUT2D eigenvalue weighted by Crippen LogP contribution is -2.50. The molecule has 4 atom stereocenters. The lowest BCUT2D eigenvalue weighted by molar-refractivity contribution is -0.142. The van der Waals surface area contributed by atoms with Gasteiger partial charge in [0.1, 0.15) is 17.5 Å². The minimum absolute atomic E-state index is 0.176. The number of fused-ring (bicyclic) bond motifs is 1. The lowest BCUT2D eigenvalue weighted by Gasteiger charge is -2.32. The maximum absolute atomic E-state index is 13.7. The third kappa shape index (κ3) is 3.49. The van der Waals surface area contributed by atoms with Crippen LogP contribution in [0.25, 0.3) is 0 Å². The number of rotatable bonds is 6. The van der Waals surface area contributed by atoms with Crippen molar-refractivity contribution in [3.8, 4) is 11.5 Å². The largest absolute Gasteiger partial charge is 0.497 e. The van der Waals surface area contributed by atoms with Crippen LogP contribution in [-0.2, 0) is 14.4 Å². The van der Waals surface area contributed by atoms with Gasteiger partial charge in [-0.05, 0) is 42.8 Å². The van der Waals surface area contributed by atoms with Gasteiger partial charge >= 0.3 is 0 Å². The van der Waals surface area contributed by atoms with E-state index in [2.05, 4.69) is 0 Å². The Morgan fingerprint density at radius 2 is 1.58 bits per heavy atom. The third-order valence-corrected chi connectivity index (χ3v) is 6.39. The summed E-state index contributed by atoms with van der Waals surface area (Å²) in [7, 11) is 3.01. The van der Waals surface area contributed by atoms with Crippen molar-refractivity contribution in [1.82, 2.24) is 9.80 Å². The SMILES string of the molecule is CCN1C(=O)C2C(C1=O)C(c1ccc(OC)cc1)N(C(=O)c1cccc(OC)c1)C2C(N)=O. The first-order valence-electron chi connectivity index (χ1n) is 10.6. The van der Waals surface area contributed by atoms with Crippen LogP contribution in [0.1, 0.15) is 28.9 Å². The molecule has 4 rings (SSSR count). The average molecular weight is 451 g/mol. The Balaban J connectivity index is 1.88. The van der Waals surface area contributed by atoms with Gasteiger partial charge in [-0.15, -0.1) is 0 Å². The summed E-state index contributed by atoms with van der Waals surface area (Å²) in [5.41, 5.74) is 6.59. The van der Waals surface area contributed by atoms with Crippen molar-refractivity contribution in [3.63, 3.8) is 0 Å². The van der Waals surface area contributed by atoms with Crippen LogP contribution in [0.15, 0.2) is 48.5 Å². The fourth-order valence-corrected chi connectivity index (χ4v) is 4.91. The molecule has 172 valence electrons. The van der Waals surface area contributed by atoms with Crippen LogP contribution >= 0.6 is 0 Å². The molecule has 9 heteroatoms. The topological polar surface area (TPSA) is 119 Å². The van der Waals surface area contributed by atoms with Crippen molar-refractivity contribution in [3.05, 3.63) is 59.7 Å². The Morgan fingerprint density at radius 1 is 0.939 bits per heavy atom. The maximum atomic E-state index is 13.7. The smallest absolute Gasteiger partial charge is 0.255 e. The molecule has 4 amide bonds. The highest BCUT2D eigenvalue weighted by Gasteiger charge is 2.64. The van der Waals surface area contributed by atoms with E-state index in [9.17, 15) is 19.2 Å². The number of hydrogen-bond acceptors (Lipinski definition) is 6. The van der Waals surface area contributed by atoms with Crippen LogP contribution < -0.4 is 15.2 Å². The highest BCUT2D eigenvalue weighted by molar-refractivity contribution is 6.11. The van der Waals surface area contributed by atoms with Gasteiger partial charge in [0, 0.05) is 12.1 Å². The number of hydrogen-bond donors (Lipinski definition) is 1. The van der Waals surface area contributed by atoms with Crippen molar-refractivity contribution in [2.24, 2.45) is 17.6 Å². The van der Waals surface area contributed by atoms with E-state index >= 15 is 0 Å². The van der Waals surface area contributed by atoms with E-state index in [-0.39, 0.29) is 12.1 Å². The zero-order valence-corrected chi connectivity index (χ0v) is 18.6. The molecule has 33 heavy (non-hydrogen) atoms. The van der Waals surface area contributed by atoms with Gasteiger partial charge in [0.05, 0.1) is 32.1 Å².